The molecule has 1 saturated heterocycles. The highest BCUT2D eigenvalue weighted by atomic mass is 19.1. The summed E-state index contributed by atoms with van der Waals surface area (Å²) in [7, 11) is 0. The number of benzene rings is 1. The van der Waals surface area contributed by atoms with Crippen molar-refractivity contribution in [1.29, 1.82) is 0 Å². The Bertz CT molecular complexity index is 1130. The molecule has 2 aliphatic heterocycles. The van der Waals surface area contributed by atoms with E-state index in [0.717, 1.165) is 87.5 Å². The molecule has 6 nitrogen and oxygen atoms in total. The summed E-state index contributed by atoms with van der Waals surface area (Å²) in [5.74, 6) is 0.889. The molecule has 0 radical (unpaired) electrons. The van der Waals surface area contributed by atoms with E-state index in [9.17, 15) is 9.18 Å². The Kier molecular flexibility index (Phi) is 5.15. The molecule has 1 fully saturated rings. The maximum atomic E-state index is 14.3. The summed E-state index contributed by atoms with van der Waals surface area (Å²) in [6.45, 7) is 5.42. The second kappa shape index (κ2) is 7.95. The molecule has 4 heterocycles. The van der Waals surface area contributed by atoms with Crippen LogP contribution in [0.2, 0.25) is 0 Å². The number of likely N-dealkylation sites (tertiary alicyclic amines) is 1. The monoisotopic (exact) mass is 410 g/mol. The molecule has 0 unspecified atom stereocenters. The molecule has 0 saturated carbocycles. The molecule has 0 atom stereocenters. The predicted molar refractivity (Wildman–Crippen MR) is 112 cm³/mol. The largest absolute Gasteiger partial charge is 0.356 e. The van der Waals surface area contributed by atoms with Crippen LogP contribution in [0.1, 0.15) is 54.4 Å². The quantitative estimate of drug-likeness (QED) is 0.658. The van der Waals surface area contributed by atoms with Gasteiger partial charge in [-0.15, -0.1) is 0 Å². The lowest BCUT2D eigenvalue weighted by Crippen LogP contribution is -2.37. The zero-order valence-corrected chi connectivity index (χ0v) is 17.4. The molecule has 0 bridgehead atoms. The standard InChI is InChI=1S/C23H27FN4O2/c1-15-17(23(29)28-11-3-2-7-20(28)25-15)10-14-27-12-8-16(9-13-27)22-21-18(24)5-4-6-19(21)30-26-22/h4-6,16H,2-3,7-14H2,1H3. The van der Waals surface area contributed by atoms with Gasteiger partial charge in [0, 0.05) is 36.7 Å². The van der Waals surface area contributed by atoms with E-state index in [1.165, 1.54) is 6.07 Å². The van der Waals surface area contributed by atoms with E-state index in [2.05, 4.69) is 10.1 Å². The molecule has 7 heteroatoms. The van der Waals surface area contributed by atoms with Crippen molar-refractivity contribution in [2.45, 2.75) is 57.9 Å². The van der Waals surface area contributed by atoms with Gasteiger partial charge in [0.2, 0.25) is 0 Å². The first-order chi connectivity index (χ1) is 14.6. The summed E-state index contributed by atoms with van der Waals surface area (Å²) in [6.07, 6.45) is 5.63. The number of aromatic nitrogens is 3. The molecule has 1 aromatic carbocycles. The lowest BCUT2D eigenvalue weighted by Gasteiger charge is -2.31. The third-order valence-electron chi connectivity index (χ3n) is 6.71. The van der Waals surface area contributed by atoms with Crippen molar-refractivity contribution in [2.75, 3.05) is 19.6 Å². The molecule has 0 N–H and O–H groups in total. The van der Waals surface area contributed by atoms with Gasteiger partial charge in [0.25, 0.3) is 5.56 Å². The Morgan fingerprint density at radius 1 is 1.20 bits per heavy atom. The zero-order chi connectivity index (χ0) is 20.7. The minimum Gasteiger partial charge on any atom is -0.356 e. The fraction of sp³-hybridized carbons (Fsp3) is 0.522. The Balaban J connectivity index is 1.25. The van der Waals surface area contributed by atoms with Crippen molar-refractivity contribution in [3.05, 3.63) is 57.1 Å². The van der Waals surface area contributed by atoms with E-state index in [0.29, 0.717) is 11.0 Å². The van der Waals surface area contributed by atoms with Crippen LogP contribution in [0.4, 0.5) is 4.39 Å². The van der Waals surface area contributed by atoms with E-state index < -0.39 is 0 Å². The molecule has 2 aromatic heterocycles. The average molecular weight is 410 g/mol. The molecule has 0 spiro atoms. The van der Waals surface area contributed by atoms with Crippen molar-refractivity contribution in [2.24, 2.45) is 0 Å². The second-order valence-electron chi connectivity index (χ2n) is 8.55. The summed E-state index contributed by atoms with van der Waals surface area (Å²) in [5, 5.41) is 4.70. The predicted octanol–water partition coefficient (Wildman–Crippen LogP) is 3.59. The van der Waals surface area contributed by atoms with Gasteiger partial charge in [0.1, 0.15) is 11.6 Å². The van der Waals surface area contributed by atoms with Crippen LogP contribution < -0.4 is 5.56 Å². The normalized spacial score (nSPS) is 18.1. The van der Waals surface area contributed by atoms with E-state index in [4.69, 9.17) is 9.51 Å². The van der Waals surface area contributed by atoms with Gasteiger partial charge in [-0.05, 0) is 64.3 Å². The van der Waals surface area contributed by atoms with E-state index >= 15 is 0 Å². The second-order valence-corrected chi connectivity index (χ2v) is 8.55. The highest BCUT2D eigenvalue weighted by Crippen LogP contribution is 2.33. The Hall–Kier alpha value is -2.54. The number of rotatable bonds is 4. The molecule has 30 heavy (non-hydrogen) atoms. The first kappa shape index (κ1) is 19.4. The first-order valence-electron chi connectivity index (χ1n) is 11.0. The van der Waals surface area contributed by atoms with Crippen molar-refractivity contribution in [3.8, 4) is 0 Å². The van der Waals surface area contributed by atoms with Gasteiger partial charge < -0.3 is 9.42 Å². The lowest BCUT2D eigenvalue weighted by molar-refractivity contribution is 0.211. The minimum atomic E-state index is -0.262. The first-order valence-corrected chi connectivity index (χ1v) is 11.0. The van der Waals surface area contributed by atoms with Crippen LogP contribution in [0.15, 0.2) is 27.5 Å². The number of fused-ring (bicyclic) bond motifs is 2. The van der Waals surface area contributed by atoms with E-state index in [1.807, 2.05) is 11.5 Å². The number of hydrogen-bond acceptors (Lipinski definition) is 5. The van der Waals surface area contributed by atoms with Crippen LogP contribution in [0.3, 0.4) is 0 Å². The van der Waals surface area contributed by atoms with Crippen LogP contribution in [-0.4, -0.2) is 39.2 Å². The van der Waals surface area contributed by atoms with Gasteiger partial charge in [0.15, 0.2) is 5.58 Å². The van der Waals surface area contributed by atoms with Gasteiger partial charge in [-0.2, -0.15) is 0 Å². The molecular weight excluding hydrogens is 383 g/mol. The lowest BCUT2D eigenvalue weighted by atomic mass is 9.91. The van der Waals surface area contributed by atoms with Gasteiger partial charge in [-0.3, -0.25) is 9.36 Å². The van der Waals surface area contributed by atoms with Crippen LogP contribution >= 0.6 is 0 Å². The third kappa shape index (κ3) is 3.45. The van der Waals surface area contributed by atoms with E-state index in [1.54, 1.807) is 12.1 Å². The Morgan fingerprint density at radius 2 is 2.03 bits per heavy atom. The molecule has 158 valence electrons. The molecule has 2 aliphatic rings. The summed E-state index contributed by atoms with van der Waals surface area (Å²) >= 11 is 0. The van der Waals surface area contributed by atoms with E-state index in [-0.39, 0.29) is 17.3 Å². The third-order valence-corrected chi connectivity index (χ3v) is 6.71. The van der Waals surface area contributed by atoms with Gasteiger partial charge in [-0.1, -0.05) is 11.2 Å². The van der Waals surface area contributed by atoms with Gasteiger partial charge in [-0.25, -0.2) is 9.37 Å². The van der Waals surface area contributed by atoms with Gasteiger partial charge >= 0.3 is 0 Å². The number of nitrogens with zero attached hydrogens (tertiary/aromatic N) is 4. The van der Waals surface area contributed by atoms with Crippen LogP contribution in [0, 0.1) is 12.7 Å². The SMILES string of the molecule is Cc1nc2n(c(=O)c1CCN1CCC(c3noc4cccc(F)c34)CC1)CCCC2. The molecule has 0 aliphatic carbocycles. The topological polar surface area (TPSA) is 64.2 Å². The summed E-state index contributed by atoms with van der Waals surface area (Å²) < 4.78 is 21.5. The van der Waals surface area contributed by atoms with Crippen LogP contribution in [-0.2, 0) is 19.4 Å². The van der Waals surface area contributed by atoms with Crippen LogP contribution in [0.25, 0.3) is 11.0 Å². The smallest absolute Gasteiger partial charge is 0.256 e. The molecule has 0 amide bonds. The number of halogens is 1. The Labute approximate surface area is 174 Å². The fourth-order valence-electron chi connectivity index (χ4n) is 4.97. The highest BCUT2D eigenvalue weighted by molar-refractivity contribution is 5.80. The van der Waals surface area contributed by atoms with Crippen molar-refractivity contribution in [1.82, 2.24) is 19.6 Å². The minimum absolute atomic E-state index is 0.150. The highest BCUT2D eigenvalue weighted by Gasteiger charge is 2.26. The summed E-state index contributed by atoms with van der Waals surface area (Å²) in [4.78, 5) is 20.0. The number of aryl methyl sites for hydroxylation is 2. The van der Waals surface area contributed by atoms with Crippen LogP contribution in [0.5, 0.6) is 0 Å². The number of hydrogen-bond donors (Lipinski definition) is 0. The maximum absolute atomic E-state index is 14.3. The fourth-order valence-corrected chi connectivity index (χ4v) is 4.97. The molecule has 3 aromatic rings. The van der Waals surface area contributed by atoms with Crippen molar-refractivity contribution < 1.29 is 8.91 Å². The summed E-state index contributed by atoms with van der Waals surface area (Å²) in [5.41, 5.74) is 3.15. The average Bonchev–Trinajstić information content (AvgIpc) is 3.20. The van der Waals surface area contributed by atoms with Crippen molar-refractivity contribution >= 4 is 11.0 Å². The van der Waals surface area contributed by atoms with Crippen molar-refractivity contribution in [3.63, 3.8) is 0 Å². The maximum Gasteiger partial charge on any atom is 0.256 e. The number of piperidine rings is 1. The molecule has 5 rings (SSSR count). The zero-order valence-electron chi connectivity index (χ0n) is 17.4. The Morgan fingerprint density at radius 3 is 2.87 bits per heavy atom. The van der Waals surface area contributed by atoms with Gasteiger partial charge in [0.05, 0.1) is 11.1 Å². The summed E-state index contributed by atoms with van der Waals surface area (Å²) in [6, 6.07) is 4.87. The molecular formula is C23H27FN4O2.